The van der Waals surface area contributed by atoms with Gasteiger partial charge in [0.05, 0.1) is 0 Å². The van der Waals surface area contributed by atoms with Gasteiger partial charge in [0.25, 0.3) is 0 Å². The summed E-state index contributed by atoms with van der Waals surface area (Å²) in [5.74, 6) is 0.105. The van der Waals surface area contributed by atoms with Crippen molar-refractivity contribution in [2.75, 3.05) is 13.7 Å². The molecule has 0 atom stereocenters. The highest BCUT2D eigenvalue weighted by Crippen LogP contribution is 1.98. The molecule has 58 valence electrons. The molecule has 0 saturated heterocycles. The van der Waals surface area contributed by atoms with Gasteiger partial charge in [-0.3, -0.25) is 4.79 Å². The van der Waals surface area contributed by atoms with Crippen molar-refractivity contribution in [3.8, 4) is 0 Å². The summed E-state index contributed by atoms with van der Waals surface area (Å²) in [4.78, 5) is 10.5. The summed E-state index contributed by atoms with van der Waals surface area (Å²) in [6.07, 6.45) is 2.48. The van der Waals surface area contributed by atoms with Crippen LogP contribution in [0.3, 0.4) is 0 Å². The van der Waals surface area contributed by atoms with Crippen LogP contribution in [-0.4, -0.2) is 19.5 Å². The van der Waals surface area contributed by atoms with Gasteiger partial charge < -0.3 is 4.74 Å². The Morgan fingerprint density at radius 3 is 2.50 bits per heavy atom. The van der Waals surface area contributed by atoms with Crippen LogP contribution in [0.2, 0.25) is 0 Å². The van der Waals surface area contributed by atoms with E-state index in [0.717, 1.165) is 12.0 Å². The Labute approximate surface area is 61.9 Å². The first-order chi connectivity index (χ1) is 4.66. The number of carbonyl (C=O) groups is 1. The van der Waals surface area contributed by atoms with E-state index in [9.17, 15) is 4.79 Å². The number of rotatable bonds is 4. The lowest BCUT2D eigenvalue weighted by atomic mass is 10.2. The van der Waals surface area contributed by atoms with Gasteiger partial charge in [0, 0.05) is 13.7 Å². The fourth-order valence-corrected chi connectivity index (χ4v) is 0.682. The molecule has 0 heterocycles. The quantitative estimate of drug-likeness (QED) is 0.557. The highest BCUT2D eigenvalue weighted by Gasteiger charge is 1.90. The predicted molar refractivity (Wildman–Crippen MR) is 40.9 cm³/mol. The molecule has 0 N–H and O–H groups in total. The molecule has 0 aliphatic heterocycles. The van der Waals surface area contributed by atoms with E-state index in [4.69, 9.17) is 4.74 Å². The van der Waals surface area contributed by atoms with Gasteiger partial charge in [-0.1, -0.05) is 5.57 Å². The third kappa shape index (κ3) is 5.51. The van der Waals surface area contributed by atoms with E-state index >= 15 is 0 Å². The number of hydrogen-bond donors (Lipinski definition) is 0. The maximum Gasteiger partial charge on any atom is 0.152 e. The lowest BCUT2D eigenvalue weighted by molar-refractivity contribution is -0.112. The van der Waals surface area contributed by atoms with Crippen LogP contribution >= 0.6 is 0 Å². The second-order valence-electron chi connectivity index (χ2n) is 2.34. The number of ether oxygens (including phenoxy) is 1. The summed E-state index contributed by atoms with van der Waals surface area (Å²) >= 11 is 0. The van der Waals surface area contributed by atoms with Crippen molar-refractivity contribution in [3.63, 3.8) is 0 Å². The molecule has 0 aromatic carbocycles. The molecular weight excluding hydrogens is 128 g/mol. The van der Waals surface area contributed by atoms with Crippen LogP contribution in [0.5, 0.6) is 0 Å². The summed E-state index contributed by atoms with van der Waals surface area (Å²) in [5.41, 5.74) is 1.08. The van der Waals surface area contributed by atoms with Gasteiger partial charge in [-0.2, -0.15) is 0 Å². The Bertz CT molecular complexity index is 136. The topological polar surface area (TPSA) is 26.3 Å². The molecule has 0 fully saturated rings. The molecule has 0 saturated carbocycles. The average molecular weight is 142 g/mol. The monoisotopic (exact) mass is 142 g/mol. The minimum absolute atomic E-state index is 0.105. The predicted octanol–water partition coefficient (Wildman–Crippen LogP) is 1.56. The number of carbonyl (C=O) groups excluding carboxylic acids is 1. The molecule has 0 aliphatic rings. The van der Waals surface area contributed by atoms with Crippen LogP contribution in [-0.2, 0) is 9.53 Å². The number of methoxy groups -OCH3 is 1. The van der Waals surface area contributed by atoms with Crippen LogP contribution in [0.4, 0.5) is 0 Å². The Morgan fingerprint density at radius 1 is 1.50 bits per heavy atom. The summed E-state index contributed by atoms with van der Waals surface area (Å²) < 4.78 is 4.84. The minimum Gasteiger partial charge on any atom is -0.384 e. The number of ketones is 1. The first-order valence-corrected chi connectivity index (χ1v) is 3.33. The Balaban J connectivity index is 3.60. The molecule has 0 aromatic rings. The van der Waals surface area contributed by atoms with E-state index in [-0.39, 0.29) is 5.78 Å². The van der Waals surface area contributed by atoms with E-state index in [1.165, 1.54) is 0 Å². The van der Waals surface area contributed by atoms with E-state index in [1.54, 1.807) is 20.1 Å². The molecule has 0 unspecified atom stereocenters. The third-order valence-electron chi connectivity index (χ3n) is 1.15. The number of allylic oxidation sites excluding steroid dienone is 1. The van der Waals surface area contributed by atoms with Gasteiger partial charge in [0.15, 0.2) is 5.78 Å². The Kier molecular flexibility index (Phi) is 4.85. The van der Waals surface area contributed by atoms with Crippen LogP contribution in [0.15, 0.2) is 11.6 Å². The summed E-state index contributed by atoms with van der Waals surface area (Å²) in [6, 6.07) is 0. The van der Waals surface area contributed by atoms with E-state index in [0.29, 0.717) is 6.61 Å². The lowest BCUT2D eigenvalue weighted by Gasteiger charge is -1.97. The van der Waals surface area contributed by atoms with Crippen LogP contribution in [0.25, 0.3) is 0 Å². The smallest absolute Gasteiger partial charge is 0.152 e. The highest BCUT2D eigenvalue weighted by molar-refractivity contribution is 5.87. The zero-order valence-corrected chi connectivity index (χ0v) is 6.81. The highest BCUT2D eigenvalue weighted by atomic mass is 16.5. The molecule has 0 spiro atoms. The molecule has 10 heavy (non-hydrogen) atoms. The van der Waals surface area contributed by atoms with E-state index in [2.05, 4.69) is 0 Å². The van der Waals surface area contributed by atoms with Crippen LogP contribution in [0, 0.1) is 0 Å². The Hall–Kier alpha value is -0.630. The lowest BCUT2D eigenvalue weighted by Crippen LogP contribution is -1.91. The van der Waals surface area contributed by atoms with E-state index in [1.807, 2.05) is 6.92 Å². The Morgan fingerprint density at radius 2 is 2.10 bits per heavy atom. The van der Waals surface area contributed by atoms with Crippen molar-refractivity contribution >= 4 is 5.78 Å². The molecule has 0 aromatic heterocycles. The van der Waals surface area contributed by atoms with Gasteiger partial charge in [0.1, 0.15) is 0 Å². The van der Waals surface area contributed by atoms with Crippen molar-refractivity contribution in [1.82, 2.24) is 0 Å². The normalized spacial score (nSPS) is 11.7. The maximum absolute atomic E-state index is 10.5. The molecule has 2 heteroatoms. The summed E-state index contributed by atoms with van der Waals surface area (Å²) in [5, 5.41) is 0. The van der Waals surface area contributed by atoms with Crippen molar-refractivity contribution in [1.29, 1.82) is 0 Å². The van der Waals surface area contributed by atoms with Gasteiger partial charge in [-0.25, -0.2) is 0 Å². The molecule has 0 amide bonds. The zero-order valence-electron chi connectivity index (χ0n) is 6.81. The molecule has 0 aliphatic carbocycles. The molecular formula is C8H14O2. The van der Waals surface area contributed by atoms with Crippen LogP contribution < -0.4 is 0 Å². The zero-order chi connectivity index (χ0) is 7.98. The maximum atomic E-state index is 10.5. The molecule has 0 bridgehead atoms. The fourth-order valence-electron chi connectivity index (χ4n) is 0.682. The van der Waals surface area contributed by atoms with Crippen molar-refractivity contribution < 1.29 is 9.53 Å². The summed E-state index contributed by atoms with van der Waals surface area (Å²) in [6.45, 7) is 4.17. The largest absolute Gasteiger partial charge is 0.384 e. The standard InChI is InChI=1S/C8H14O2/c1-7(4-5-10-3)6-8(2)9/h6H,4-5H2,1-3H3. The van der Waals surface area contributed by atoms with Gasteiger partial charge in [0.2, 0.25) is 0 Å². The molecule has 2 nitrogen and oxygen atoms in total. The van der Waals surface area contributed by atoms with E-state index < -0.39 is 0 Å². The van der Waals surface area contributed by atoms with Crippen molar-refractivity contribution in [2.24, 2.45) is 0 Å². The van der Waals surface area contributed by atoms with Crippen LogP contribution in [0.1, 0.15) is 20.3 Å². The van der Waals surface area contributed by atoms with Gasteiger partial charge >= 0.3 is 0 Å². The first-order valence-electron chi connectivity index (χ1n) is 3.33. The second-order valence-corrected chi connectivity index (χ2v) is 2.34. The van der Waals surface area contributed by atoms with Gasteiger partial charge in [-0.15, -0.1) is 0 Å². The van der Waals surface area contributed by atoms with Crippen molar-refractivity contribution in [2.45, 2.75) is 20.3 Å². The average Bonchev–Trinajstić information content (AvgIpc) is 1.82. The second kappa shape index (κ2) is 5.18. The van der Waals surface area contributed by atoms with Crippen molar-refractivity contribution in [3.05, 3.63) is 11.6 Å². The molecule has 0 rings (SSSR count). The minimum atomic E-state index is 0.105. The molecule has 0 radical (unpaired) electrons. The SMILES string of the molecule is COCCC(C)=CC(C)=O. The summed E-state index contributed by atoms with van der Waals surface area (Å²) in [7, 11) is 1.65. The van der Waals surface area contributed by atoms with Gasteiger partial charge in [-0.05, 0) is 26.3 Å². The first kappa shape index (κ1) is 9.37. The third-order valence-corrected chi connectivity index (χ3v) is 1.15. The fraction of sp³-hybridized carbons (Fsp3) is 0.625. The number of hydrogen-bond acceptors (Lipinski definition) is 2.